The Bertz CT molecular complexity index is 439. The van der Waals surface area contributed by atoms with Crippen molar-refractivity contribution in [1.29, 1.82) is 0 Å². The van der Waals surface area contributed by atoms with Gasteiger partial charge in [0.05, 0.1) is 28.1 Å². The number of nitrogens with zero attached hydrogens (tertiary/aromatic N) is 2. The first-order chi connectivity index (χ1) is 9.03. The summed E-state index contributed by atoms with van der Waals surface area (Å²) in [7, 11) is 0. The molecule has 0 spiro atoms. The van der Waals surface area contributed by atoms with E-state index >= 15 is 0 Å². The molecule has 5 heteroatoms. The van der Waals surface area contributed by atoms with Crippen LogP contribution in [0.15, 0.2) is 0 Å². The molecule has 4 nitrogen and oxygen atoms in total. The van der Waals surface area contributed by atoms with Crippen LogP contribution in [0.2, 0.25) is 5.02 Å². The Balaban J connectivity index is 2.09. The van der Waals surface area contributed by atoms with E-state index in [0.29, 0.717) is 25.9 Å². The molecule has 0 aromatic carbocycles. The molecule has 2 rings (SSSR count). The summed E-state index contributed by atoms with van der Waals surface area (Å²) in [5.74, 6) is 0. The average Bonchev–Trinajstić information content (AvgIpc) is 2.64. The van der Waals surface area contributed by atoms with Crippen molar-refractivity contribution in [2.75, 3.05) is 6.61 Å². The normalized spacial score (nSPS) is 26.5. The van der Waals surface area contributed by atoms with Gasteiger partial charge in [-0.2, -0.15) is 5.10 Å². The third-order valence-electron chi connectivity index (χ3n) is 3.81. The number of halogens is 1. The third kappa shape index (κ3) is 2.96. The van der Waals surface area contributed by atoms with Gasteiger partial charge >= 0.3 is 0 Å². The lowest BCUT2D eigenvalue weighted by Gasteiger charge is -2.43. The van der Waals surface area contributed by atoms with Crippen LogP contribution in [0.5, 0.6) is 0 Å². The summed E-state index contributed by atoms with van der Waals surface area (Å²) in [5.41, 5.74) is 1.20. The van der Waals surface area contributed by atoms with Gasteiger partial charge in [0.1, 0.15) is 0 Å². The molecule has 1 fully saturated rings. The Morgan fingerprint density at radius 3 is 2.63 bits per heavy atom. The summed E-state index contributed by atoms with van der Waals surface area (Å²) in [6, 6.07) is 0. The van der Waals surface area contributed by atoms with E-state index in [1.165, 1.54) is 0 Å². The molecule has 0 radical (unpaired) electrons. The van der Waals surface area contributed by atoms with Crippen LogP contribution in [0.3, 0.4) is 0 Å². The fourth-order valence-corrected chi connectivity index (χ4v) is 3.12. The van der Waals surface area contributed by atoms with Gasteiger partial charge in [0.25, 0.3) is 0 Å². The van der Waals surface area contributed by atoms with Gasteiger partial charge in [0.15, 0.2) is 0 Å². The first-order valence-electron chi connectivity index (χ1n) is 7.11. The summed E-state index contributed by atoms with van der Waals surface area (Å²) in [4.78, 5) is 0. The first kappa shape index (κ1) is 14.8. The standard InChI is InChI=1S/C14H23ClN2O2/c1-4-11-13(15)12(17(5-2)16-11)9-14(18)7-10(8-14)19-6-3/h10,18H,4-9H2,1-3H3. The number of hydrogen-bond acceptors (Lipinski definition) is 3. The molecule has 108 valence electrons. The highest BCUT2D eigenvalue weighted by Gasteiger charge is 2.44. The van der Waals surface area contributed by atoms with Gasteiger partial charge in [-0.1, -0.05) is 18.5 Å². The van der Waals surface area contributed by atoms with Crippen molar-refractivity contribution in [2.24, 2.45) is 0 Å². The van der Waals surface area contributed by atoms with E-state index in [2.05, 4.69) is 5.10 Å². The van der Waals surface area contributed by atoms with Gasteiger partial charge in [-0.25, -0.2) is 0 Å². The lowest BCUT2D eigenvalue weighted by Crippen LogP contribution is -2.50. The van der Waals surface area contributed by atoms with Crippen LogP contribution < -0.4 is 0 Å². The minimum Gasteiger partial charge on any atom is -0.389 e. The molecule has 1 aromatic heterocycles. The van der Waals surface area contributed by atoms with E-state index in [1.54, 1.807) is 0 Å². The number of aliphatic hydroxyl groups is 1. The maximum absolute atomic E-state index is 10.5. The maximum Gasteiger partial charge on any atom is 0.0850 e. The van der Waals surface area contributed by atoms with E-state index in [9.17, 15) is 5.11 Å². The van der Waals surface area contributed by atoms with E-state index in [0.717, 1.165) is 29.4 Å². The lowest BCUT2D eigenvalue weighted by molar-refractivity contribution is -0.137. The molecule has 0 atom stereocenters. The summed E-state index contributed by atoms with van der Waals surface area (Å²) >= 11 is 6.37. The van der Waals surface area contributed by atoms with Crippen LogP contribution >= 0.6 is 11.6 Å². The first-order valence-corrected chi connectivity index (χ1v) is 7.48. The average molecular weight is 287 g/mol. The summed E-state index contributed by atoms with van der Waals surface area (Å²) < 4.78 is 7.42. The van der Waals surface area contributed by atoms with Gasteiger partial charge in [-0.15, -0.1) is 0 Å². The summed E-state index contributed by atoms with van der Waals surface area (Å²) in [6.07, 6.45) is 2.95. The second-order valence-electron chi connectivity index (χ2n) is 5.26. The quantitative estimate of drug-likeness (QED) is 0.874. The van der Waals surface area contributed by atoms with E-state index < -0.39 is 5.60 Å². The molecule has 19 heavy (non-hydrogen) atoms. The number of aromatic nitrogens is 2. The monoisotopic (exact) mass is 286 g/mol. The fourth-order valence-electron chi connectivity index (χ4n) is 2.78. The second kappa shape index (κ2) is 5.81. The zero-order valence-corrected chi connectivity index (χ0v) is 12.7. The lowest BCUT2D eigenvalue weighted by atomic mass is 9.74. The predicted octanol–water partition coefficient (Wildman–Crippen LogP) is 2.59. The molecule has 1 N–H and O–H groups in total. The highest BCUT2D eigenvalue weighted by atomic mass is 35.5. The Hall–Kier alpha value is -0.580. The van der Waals surface area contributed by atoms with Gasteiger partial charge in [0, 0.05) is 32.4 Å². The number of rotatable bonds is 6. The van der Waals surface area contributed by atoms with Crippen molar-refractivity contribution < 1.29 is 9.84 Å². The minimum absolute atomic E-state index is 0.192. The topological polar surface area (TPSA) is 47.3 Å². The van der Waals surface area contributed by atoms with E-state index in [1.807, 2.05) is 25.5 Å². The van der Waals surface area contributed by atoms with Crippen LogP contribution in [0.4, 0.5) is 0 Å². The molecule has 1 aromatic rings. The predicted molar refractivity (Wildman–Crippen MR) is 75.6 cm³/mol. The van der Waals surface area contributed by atoms with Crippen LogP contribution in [0.1, 0.15) is 45.0 Å². The number of ether oxygens (including phenoxy) is 1. The smallest absolute Gasteiger partial charge is 0.0850 e. The van der Waals surface area contributed by atoms with Crippen molar-refractivity contribution in [3.8, 4) is 0 Å². The number of aryl methyl sites for hydroxylation is 2. The summed E-state index contributed by atoms with van der Waals surface area (Å²) in [6.45, 7) is 7.55. The van der Waals surface area contributed by atoms with Crippen LogP contribution in [-0.2, 0) is 24.1 Å². The molecule has 1 aliphatic carbocycles. The molecular formula is C14H23ClN2O2. The van der Waals surface area contributed by atoms with Gasteiger partial charge < -0.3 is 9.84 Å². The SMILES string of the molecule is CCOC1CC(O)(Cc2c(Cl)c(CC)nn2CC)C1. The Morgan fingerprint density at radius 1 is 1.42 bits per heavy atom. The van der Waals surface area contributed by atoms with Crippen molar-refractivity contribution in [2.45, 2.75) is 64.7 Å². The largest absolute Gasteiger partial charge is 0.389 e. The molecular weight excluding hydrogens is 264 g/mol. The van der Waals surface area contributed by atoms with Crippen molar-refractivity contribution in [1.82, 2.24) is 9.78 Å². The maximum atomic E-state index is 10.5. The van der Waals surface area contributed by atoms with Gasteiger partial charge in [0.2, 0.25) is 0 Å². The van der Waals surface area contributed by atoms with Gasteiger partial charge in [-0.05, 0) is 20.3 Å². The highest BCUT2D eigenvalue weighted by Crippen LogP contribution is 2.39. The number of hydrogen-bond donors (Lipinski definition) is 1. The zero-order valence-electron chi connectivity index (χ0n) is 11.9. The van der Waals surface area contributed by atoms with Gasteiger partial charge in [-0.3, -0.25) is 4.68 Å². The van der Waals surface area contributed by atoms with E-state index in [-0.39, 0.29) is 6.10 Å². The molecule has 1 aliphatic rings. The Labute approximate surface area is 119 Å². The molecule has 0 saturated heterocycles. The van der Waals surface area contributed by atoms with Crippen molar-refractivity contribution in [3.05, 3.63) is 16.4 Å². The van der Waals surface area contributed by atoms with E-state index in [4.69, 9.17) is 16.3 Å². The summed E-state index contributed by atoms with van der Waals surface area (Å²) in [5, 5.41) is 15.7. The molecule has 0 amide bonds. The molecule has 0 aliphatic heterocycles. The Kier molecular flexibility index (Phi) is 4.54. The van der Waals surface area contributed by atoms with Crippen molar-refractivity contribution >= 4 is 11.6 Å². The van der Waals surface area contributed by atoms with Crippen molar-refractivity contribution in [3.63, 3.8) is 0 Å². The molecule has 1 heterocycles. The highest BCUT2D eigenvalue weighted by molar-refractivity contribution is 6.31. The molecule has 1 saturated carbocycles. The molecule has 0 bridgehead atoms. The Morgan fingerprint density at radius 2 is 2.11 bits per heavy atom. The van der Waals surface area contributed by atoms with Crippen LogP contribution in [-0.4, -0.2) is 33.2 Å². The second-order valence-corrected chi connectivity index (χ2v) is 5.64. The minimum atomic E-state index is -0.679. The molecule has 0 unspecified atom stereocenters. The third-order valence-corrected chi connectivity index (χ3v) is 4.24. The van der Waals surface area contributed by atoms with Crippen LogP contribution in [0.25, 0.3) is 0 Å². The fraction of sp³-hybridized carbons (Fsp3) is 0.786. The van der Waals surface area contributed by atoms with Crippen LogP contribution in [0, 0.1) is 0 Å². The zero-order chi connectivity index (χ0) is 14.0.